The Morgan fingerprint density at radius 3 is 1.09 bits per heavy atom. The summed E-state index contributed by atoms with van der Waals surface area (Å²) in [5.74, 6) is -5.98. The average Bonchev–Trinajstić information content (AvgIpc) is 2.29. The third-order valence-electron chi connectivity index (χ3n) is 1.92. The summed E-state index contributed by atoms with van der Waals surface area (Å²) in [6.07, 6.45) is -2.72. The van der Waals surface area contributed by atoms with Gasteiger partial charge in [0.2, 0.25) is 0 Å². The Hall–Kier alpha value is 0.590. The van der Waals surface area contributed by atoms with Gasteiger partial charge in [0.25, 0.3) is 0 Å². The Kier molecular flexibility index (Phi) is 22.8. The van der Waals surface area contributed by atoms with Gasteiger partial charge in [0.15, 0.2) is 0 Å². The molecule has 0 heterocycles. The van der Waals surface area contributed by atoms with Gasteiger partial charge in [-0.3, -0.25) is 0 Å². The second-order valence-electron chi connectivity index (χ2n) is 3.57. The fourth-order valence-electron chi connectivity index (χ4n) is 1.07. The molecule has 0 bridgehead atoms. The van der Waals surface area contributed by atoms with Crippen LogP contribution in [0.4, 0.5) is 0 Å². The molecule has 104 valence electrons. The number of rotatable bonds is 5. The van der Waals surface area contributed by atoms with Crippen LogP contribution in [-0.4, -0.2) is 28.6 Å². The van der Waals surface area contributed by atoms with E-state index < -0.39 is 36.4 Å². The number of carboxylic acid groups (broad SMARTS) is 3. The molecule has 0 spiro atoms. The van der Waals surface area contributed by atoms with Crippen molar-refractivity contribution in [2.24, 2.45) is 0 Å². The van der Waals surface area contributed by atoms with E-state index in [0.717, 1.165) is 0 Å². The van der Waals surface area contributed by atoms with Crippen LogP contribution < -0.4 is 104 Å². The van der Waals surface area contributed by atoms with Gasteiger partial charge in [-0.05, 0) is 0 Å². The number of hydrogen-bond acceptors (Lipinski definition) is 7. The van der Waals surface area contributed by atoms with Crippen molar-refractivity contribution in [3.63, 3.8) is 0 Å². The molecule has 0 aliphatic rings. The molecule has 22 heavy (non-hydrogen) atoms. The quantitative estimate of drug-likeness (QED) is 0.526. The first-order chi connectivity index (χ1) is 8.78. The van der Waals surface area contributed by atoms with Crippen LogP contribution in [-0.2, 0) is 14.4 Å². The van der Waals surface area contributed by atoms with E-state index in [1.807, 2.05) is 36.4 Å². The number of carbonyl (C=O) groups is 3. The largest absolute Gasteiger partial charge is 1.00 e. The molecule has 0 saturated heterocycles. The molecule has 0 amide bonds. The summed E-state index contributed by atoms with van der Waals surface area (Å²) >= 11 is 0. The maximum atomic E-state index is 10.1. The second kappa shape index (κ2) is 16.4. The van der Waals surface area contributed by atoms with Gasteiger partial charge in [-0.15, -0.1) is 0 Å². The minimum Gasteiger partial charge on any atom is -0.550 e. The summed E-state index contributed by atoms with van der Waals surface area (Å²) in [6.45, 7) is 0. The number of aliphatic hydroxyl groups is 1. The van der Waals surface area contributed by atoms with Crippen LogP contribution in [0.1, 0.15) is 12.8 Å². The molecule has 0 saturated carbocycles. The molecular weight excluding hydrogens is 325 g/mol. The van der Waals surface area contributed by atoms with Crippen molar-refractivity contribution in [1.82, 2.24) is 0 Å². The molecule has 7 nitrogen and oxygen atoms in total. The molecule has 0 atom stereocenters. The molecule has 0 aliphatic heterocycles. The number of carboxylic acids is 3. The predicted molar refractivity (Wildman–Crippen MR) is 55.6 cm³/mol. The SMILES string of the molecule is O=C([O-])CC(O)(CC(=O)[O-])C(=O)[O-].[Na+].[Na+].[Na+].c1ccccc1. The fourth-order valence-corrected chi connectivity index (χ4v) is 1.07. The van der Waals surface area contributed by atoms with E-state index in [0.29, 0.717) is 0 Å². The average molecular weight is 336 g/mol. The third kappa shape index (κ3) is 15.5. The standard InChI is InChI=1S/C6H8O7.C6H6.3Na/c7-3(8)1-6(13,5(11)12)2-4(9)10;1-2-4-6-5-3-1;;;/h13H,1-2H2,(H,7,8)(H,9,10)(H,11,12);1-6H;;;/q;;3*+1/p-3. The smallest absolute Gasteiger partial charge is 0.550 e. The Morgan fingerprint density at radius 2 is 0.955 bits per heavy atom. The molecule has 0 radical (unpaired) electrons. The van der Waals surface area contributed by atoms with Crippen molar-refractivity contribution in [2.45, 2.75) is 18.4 Å². The molecule has 0 unspecified atom stereocenters. The van der Waals surface area contributed by atoms with Crippen molar-refractivity contribution in [3.8, 4) is 0 Å². The van der Waals surface area contributed by atoms with Gasteiger partial charge in [-0.1, -0.05) is 36.4 Å². The Labute approximate surface area is 194 Å². The first-order valence-electron chi connectivity index (χ1n) is 5.11. The Balaban J connectivity index is -0.000000154. The molecule has 0 fully saturated rings. The van der Waals surface area contributed by atoms with E-state index in [9.17, 15) is 29.7 Å². The normalized spacial score (nSPS) is 8.59. The van der Waals surface area contributed by atoms with Gasteiger partial charge >= 0.3 is 88.7 Å². The van der Waals surface area contributed by atoms with Crippen LogP contribution in [0.25, 0.3) is 0 Å². The van der Waals surface area contributed by atoms with E-state index in [-0.39, 0.29) is 88.7 Å². The molecule has 1 aromatic rings. The van der Waals surface area contributed by atoms with Crippen LogP contribution in [0.5, 0.6) is 0 Å². The second-order valence-corrected chi connectivity index (χ2v) is 3.57. The van der Waals surface area contributed by atoms with Crippen molar-refractivity contribution in [3.05, 3.63) is 36.4 Å². The predicted octanol–water partition coefficient (Wildman–Crippen LogP) is -12.6. The maximum Gasteiger partial charge on any atom is 1.00 e. The van der Waals surface area contributed by atoms with Crippen LogP contribution in [0.15, 0.2) is 36.4 Å². The molecule has 1 N–H and O–H groups in total. The first-order valence-corrected chi connectivity index (χ1v) is 5.11. The zero-order chi connectivity index (χ0) is 14.9. The van der Waals surface area contributed by atoms with E-state index in [1.54, 1.807) is 0 Å². The molecule has 1 rings (SSSR count). The van der Waals surface area contributed by atoms with Gasteiger partial charge < -0.3 is 34.8 Å². The van der Waals surface area contributed by atoms with E-state index in [1.165, 1.54) is 0 Å². The summed E-state index contributed by atoms with van der Waals surface area (Å²) in [5.41, 5.74) is -2.97. The van der Waals surface area contributed by atoms with E-state index >= 15 is 0 Å². The van der Waals surface area contributed by atoms with Crippen LogP contribution in [0.3, 0.4) is 0 Å². The van der Waals surface area contributed by atoms with Gasteiger partial charge in [-0.2, -0.15) is 0 Å². The first kappa shape index (κ1) is 30.5. The summed E-state index contributed by atoms with van der Waals surface area (Å²) < 4.78 is 0. The molecule has 0 aromatic heterocycles. The molecule has 0 aliphatic carbocycles. The van der Waals surface area contributed by atoms with Gasteiger partial charge in [0.05, 0.1) is 5.97 Å². The van der Waals surface area contributed by atoms with Crippen molar-refractivity contribution in [2.75, 3.05) is 0 Å². The van der Waals surface area contributed by atoms with Gasteiger partial charge in [0.1, 0.15) is 5.60 Å². The van der Waals surface area contributed by atoms with Crippen molar-refractivity contribution >= 4 is 17.9 Å². The number of aliphatic carboxylic acids is 3. The Morgan fingerprint density at radius 1 is 0.727 bits per heavy atom. The maximum absolute atomic E-state index is 10.1. The van der Waals surface area contributed by atoms with Gasteiger partial charge in [-0.25, -0.2) is 0 Å². The number of hydrogen-bond donors (Lipinski definition) is 1. The van der Waals surface area contributed by atoms with E-state index in [4.69, 9.17) is 5.11 Å². The summed E-state index contributed by atoms with van der Waals surface area (Å²) in [6, 6.07) is 12.0. The zero-order valence-electron chi connectivity index (χ0n) is 12.8. The molecule has 1 aromatic carbocycles. The van der Waals surface area contributed by atoms with Crippen LogP contribution in [0.2, 0.25) is 0 Å². The monoisotopic (exact) mass is 336 g/mol. The fraction of sp³-hybridized carbons (Fsp3) is 0.250. The zero-order valence-corrected chi connectivity index (χ0v) is 18.8. The topological polar surface area (TPSA) is 141 Å². The summed E-state index contributed by atoms with van der Waals surface area (Å²) in [4.78, 5) is 30.0. The van der Waals surface area contributed by atoms with Crippen molar-refractivity contribution < 1.29 is 123 Å². The van der Waals surface area contributed by atoms with E-state index in [2.05, 4.69) is 0 Å². The van der Waals surface area contributed by atoms with Crippen molar-refractivity contribution in [1.29, 1.82) is 0 Å². The minimum absolute atomic E-state index is 0. The molecule has 10 heteroatoms. The summed E-state index contributed by atoms with van der Waals surface area (Å²) in [7, 11) is 0. The van der Waals surface area contributed by atoms with Gasteiger partial charge in [0, 0.05) is 24.8 Å². The van der Waals surface area contributed by atoms with Crippen LogP contribution >= 0.6 is 0 Å². The number of carbonyl (C=O) groups excluding carboxylic acids is 3. The molecular formula is C12H11Na3O7. The number of benzene rings is 1. The summed E-state index contributed by atoms with van der Waals surface area (Å²) in [5, 5.41) is 38.9. The third-order valence-corrected chi connectivity index (χ3v) is 1.92. The Bertz CT molecular complexity index is 397. The minimum atomic E-state index is -2.97. The van der Waals surface area contributed by atoms with Crippen LogP contribution in [0, 0.1) is 0 Å².